The molecule has 2 aromatic rings. The van der Waals surface area contributed by atoms with Crippen LogP contribution in [0.1, 0.15) is 44.9 Å². The molecule has 19 heavy (non-hydrogen) atoms. The molecule has 3 heteroatoms. The summed E-state index contributed by atoms with van der Waals surface area (Å²) in [5, 5.41) is 5.34. The summed E-state index contributed by atoms with van der Waals surface area (Å²) in [4.78, 5) is 4.70. The van der Waals surface area contributed by atoms with E-state index in [2.05, 4.69) is 45.1 Å². The van der Waals surface area contributed by atoms with E-state index in [0.29, 0.717) is 12.0 Å². The first-order valence-corrected chi connectivity index (χ1v) is 7.18. The van der Waals surface area contributed by atoms with Crippen molar-refractivity contribution < 1.29 is 0 Å². The lowest BCUT2D eigenvalue weighted by molar-refractivity contribution is 0.590. The molecule has 0 amide bonds. The highest BCUT2D eigenvalue weighted by Crippen LogP contribution is 2.27. The Balaban J connectivity index is 2.55. The fourth-order valence-electron chi connectivity index (χ4n) is 2.06. The number of nitrogens with zero attached hydrogens (tertiary/aromatic N) is 1. The molecule has 0 saturated carbocycles. The van der Waals surface area contributed by atoms with Crippen LogP contribution in [0.15, 0.2) is 24.3 Å². The second-order valence-electron chi connectivity index (χ2n) is 5.53. The predicted molar refractivity (Wildman–Crippen MR) is 82.8 cm³/mol. The Morgan fingerprint density at radius 1 is 1.21 bits per heavy atom. The van der Waals surface area contributed by atoms with Crippen LogP contribution in [0, 0.1) is 0 Å². The highest BCUT2D eigenvalue weighted by molar-refractivity contribution is 6.35. The third-order valence-electron chi connectivity index (χ3n) is 3.19. The molecule has 0 unspecified atom stereocenters. The number of rotatable bonds is 4. The Morgan fingerprint density at radius 3 is 2.58 bits per heavy atom. The molecular weight excluding hydrogens is 256 g/mol. The summed E-state index contributed by atoms with van der Waals surface area (Å²) in [6.07, 6.45) is 0. The van der Waals surface area contributed by atoms with Gasteiger partial charge in [-0.05, 0) is 23.6 Å². The number of fused-ring (bicyclic) bond motifs is 1. The van der Waals surface area contributed by atoms with E-state index in [1.807, 2.05) is 12.1 Å². The minimum Gasteiger partial charge on any atom is -0.310 e. The quantitative estimate of drug-likeness (QED) is 0.889. The number of hydrogen-bond donors (Lipinski definition) is 1. The standard InChI is InChI=1S/C16H21ClN2/c1-10(2)15-8-12(9-18-11(3)4)13-6-5-7-14(17)16(13)19-15/h5-8,10-11,18H,9H2,1-4H3. The number of hydrogen-bond acceptors (Lipinski definition) is 2. The summed E-state index contributed by atoms with van der Waals surface area (Å²) < 4.78 is 0. The number of para-hydroxylation sites is 1. The van der Waals surface area contributed by atoms with Crippen LogP contribution in [0.3, 0.4) is 0 Å². The van der Waals surface area contributed by atoms with Gasteiger partial charge in [0.15, 0.2) is 0 Å². The zero-order chi connectivity index (χ0) is 14.0. The van der Waals surface area contributed by atoms with Gasteiger partial charge in [-0.2, -0.15) is 0 Å². The van der Waals surface area contributed by atoms with E-state index in [4.69, 9.17) is 16.6 Å². The first-order valence-electron chi connectivity index (χ1n) is 6.80. The van der Waals surface area contributed by atoms with E-state index in [1.54, 1.807) is 0 Å². The van der Waals surface area contributed by atoms with Crippen LogP contribution in [0.5, 0.6) is 0 Å². The van der Waals surface area contributed by atoms with Crippen LogP contribution < -0.4 is 5.32 Å². The molecular formula is C16H21ClN2. The Bertz CT molecular complexity index is 576. The largest absolute Gasteiger partial charge is 0.310 e. The van der Waals surface area contributed by atoms with Gasteiger partial charge in [0.1, 0.15) is 0 Å². The van der Waals surface area contributed by atoms with Gasteiger partial charge < -0.3 is 5.32 Å². The van der Waals surface area contributed by atoms with Gasteiger partial charge >= 0.3 is 0 Å². The number of aromatic nitrogens is 1. The van der Waals surface area contributed by atoms with Crippen molar-refractivity contribution in [2.45, 2.75) is 46.2 Å². The van der Waals surface area contributed by atoms with E-state index in [0.717, 1.165) is 28.2 Å². The van der Waals surface area contributed by atoms with Crippen LogP contribution in [0.4, 0.5) is 0 Å². The average molecular weight is 277 g/mol. The van der Waals surface area contributed by atoms with Gasteiger partial charge in [0, 0.05) is 23.7 Å². The van der Waals surface area contributed by atoms with Crippen LogP contribution in [0.2, 0.25) is 5.02 Å². The molecule has 1 aromatic heterocycles. The average Bonchev–Trinajstić information content (AvgIpc) is 2.36. The van der Waals surface area contributed by atoms with Crippen molar-refractivity contribution in [3.8, 4) is 0 Å². The first kappa shape index (κ1) is 14.3. The van der Waals surface area contributed by atoms with Crippen molar-refractivity contribution >= 4 is 22.5 Å². The third-order valence-corrected chi connectivity index (χ3v) is 3.49. The Labute approximate surface area is 120 Å². The van der Waals surface area contributed by atoms with Gasteiger partial charge in [-0.3, -0.25) is 4.98 Å². The molecule has 0 saturated heterocycles. The van der Waals surface area contributed by atoms with Gasteiger partial charge in [0.05, 0.1) is 10.5 Å². The molecule has 0 aliphatic heterocycles. The number of nitrogens with one attached hydrogen (secondary N) is 1. The molecule has 1 N–H and O–H groups in total. The lowest BCUT2D eigenvalue weighted by atomic mass is 10.0. The number of benzene rings is 1. The zero-order valence-electron chi connectivity index (χ0n) is 12.0. The minimum absolute atomic E-state index is 0.401. The maximum absolute atomic E-state index is 6.29. The molecule has 0 bridgehead atoms. The second kappa shape index (κ2) is 5.89. The fourth-order valence-corrected chi connectivity index (χ4v) is 2.28. The smallest absolute Gasteiger partial charge is 0.0894 e. The Hall–Kier alpha value is -1.12. The van der Waals surface area contributed by atoms with Gasteiger partial charge in [-0.1, -0.05) is 51.4 Å². The molecule has 2 rings (SSSR count). The van der Waals surface area contributed by atoms with Gasteiger partial charge in [0.2, 0.25) is 0 Å². The molecule has 102 valence electrons. The van der Waals surface area contributed by atoms with E-state index >= 15 is 0 Å². The van der Waals surface area contributed by atoms with Crippen molar-refractivity contribution in [2.24, 2.45) is 0 Å². The summed E-state index contributed by atoms with van der Waals surface area (Å²) in [7, 11) is 0. The first-order chi connectivity index (χ1) is 8.99. The maximum Gasteiger partial charge on any atom is 0.0894 e. The van der Waals surface area contributed by atoms with E-state index < -0.39 is 0 Å². The van der Waals surface area contributed by atoms with Crippen molar-refractivity contribution in [3.05, 3.63) is 40.5 Å². The zero-order valence-corrected chi connectivity index (χ0v) is 12.8. The maximum atomic E-state index is 6.29. The molecule has 0 fully saturated rings. The van der Waals surface area contributed by atoms with Crippen molar-refractivity contribution in [2.75, 3.05) is 0 Å². The summed E-state index contributed by atoms with van der Waals surface area (Å²) in [6.45, 7) is 9.46. The summed E-state index contributed by atoms with van der Waals surface area (Å²) in [5.74, 6) is 0.401. The normalized spacial score (nSPS) is 11.7. The topological polar surface area (TPSA) is 24.9 Å². The van der Waals surface area contributed by atoms with Crippen molar-refractivity contribution in [3.63, 3.8) is 0 Å². The second-order valence-corrected chi connectivity index (χ2v) is 5.94. The molecule has 0 spiro atoms. The van der Waals surface area contributed by atoms with Gasteiger partial charge in [-0.25, -0.2) is 0 Å². The van der Waals surface area contributed by atoms with E-state index in [-0.39, 0.29) is 0 Å². The summed E-state index contributed by atoms with van der Waals surface area (Å²) in [5.41, 5.74) is 3.28. The molecule has 0 aliphatic carbocycles. The Kier molecular flexibility index (Phi) is 4.43. The van der Waals surface area contributed by atoms with Crippen LogP contribution in [-0.4, -0.2) is 11.0 Å². The minimum atomic E-state index is 0.401. The summed E-state index contributed by atoms with van der Waals surface area (Å²) in [6, 6.07) is 8.64. The van der Waals surface area contributed by atoms with Crippen LogP contribution in [-0.2, 0) is 6.54 Å². The predicted octanol–water partition coefficient (Wildman–Crippen LogP) is 4.51. The van der Waals surface area contributed by atoms with E-state index in [9.17, 15) is 0 Å². The number of halogens is 1. The molecule has 0 aliphatic rings. The molecule has 1 aromatic carbocycles. The van der Waals surface area contributed by atoms with Crippen molar-refractivity contribution in [1.29, 1.82) is 0 Å². The van der Waals surface area contributed by atoms with Crippen LogP contribution >= 0.6 is 11.6 Å². The lowest BCUT2D eigenvalue weighted by Gasteiger charge is -2.14. The highest BCUT2D eigenvalue weighted by Gasteiger charge is 2.10. The molecule has 1 heterocycles. The van der Waals surface area contributed by atoms with Gasteiger partial charge in [-0.15, -0.1) is 0 Å². The summed E-state index contributed by atoms with van der Waals surface area (Å²) >= 11 is 6.29. The Morgan fingerprint density at radius 2 is 1.95 bits per heavy atom. The SMILES string of the molecule is CC(C)NCc1cc(C(C)C)nc2c(Cl)cccc12. The molecule has 0 atom stereocenters. The molecule has 0 radical (unpaired) electrons. The fraction of sp³-hybridized carbons (Fsp3) is 0.438. The van der Waals surface area contributed by atoms with E-state index in [1.165, 1.54) is 5.56 Å². The van der Waals surface area contributed by atoms with Gasteiger partial charge in [0.25, 0.3) is 0 Å². The highest BCUT2D eigenvalue weighted by atomic mass is 35.5. The van der Waals surface area contributed by atoms with Crippen molar-refractivity contribution in [1.82, 2.24) is 10.3 Å². The monoisotopic (exact) mass is 276 g/mol. The third kappa shape index (κ3) is 3.26. The molecule has 2 nitrogen and oxygen atoms in total. The lowest BCUT2D eigenvalue weighted by Crippen LogP contribution is -2.22. The number of pyridine rings is 1. The van der Waals surface area contributed by atoms with Crippen LogP contribution in [0.25, 0.3) is 10.9 Å².